The maximum Gasteiger partial charge on any atom is 0.306 e. The summed E-state index contributed by atoms with van der Waals surface area (Å²) in [5, 5.41) is 0. The Morgan fingerprint density at radius 1 is 1.13 bits per heavy atom. The van der Waals surface area contributed by atoms with Gasteiger partial charge in [-0.15, -0.1) is 0 Å². The second-order valence-corrected chi connectivity index (χ2v) is 5.46. The smallest absolute Gasteiger partial charge is 0.306 e. The molecule has 0 saturated carbocycles. The molecule has 15 heavy (non-hydrogen) atoms. The van der Waals surface area contributed by atoms with E-state index in [1.54, 1.807) is 6.92 Å². The van der Waals surface area contributed by atoms with Gasteiger partial charge in [0, 0.05) is 6.42 Å². The van der Waals surface area contributed by atoms with Gasteiger partial charge < -0.3 is 4.74 Å². The molecule has 88 valence electrons. The largest absolute Gasteiger partial charge is 0.466 e. The average Bonchev–Trinajstić information content (AvgIpc) is 2.13. The summed E-state index contributed by atoms with van der Waals surface area (Å²) in [7, 11) is -3.31. The van der Waals surface area contributed by atoms with E-state index in [2.05, 4.69) is 4.74 Å². The molecule has 0 aliphatic carbocycles. The Labute approximate surface area is 89.7 Å². The molecule has 0 atom stereocenters. The van der Waals surface area contributed by atoms with Crippen molar-refractivity contribution in [1.82, 2.24) is 0 Å². The van der Waals surface area contributed by atoms with Crippen LogP contribution >= 0.6 is 0 Å². The summed E-state index contributed by atoms with van der Waals surface area (Å²) in [6.07, 6.45) is -0.140. The van der Waals surface area contributed by atoms with Crippen LogP contribution in [0.25, 0.3) is 0 Å². The van der Waals surface area contributed by atoms with Crippen LogP contribution in [0, 0.1) is 0 Å². The Kier molecular flexibility index (Phi) is 6.15. The van der Waals surface area contributed by atoms with E-state index in [0.29, 0.717) is 0 Å². The summed E-state index contributed by atoms with van der Waals surface area (Å²) in [4.78, 5) is 21.4. The van der Waals surface area contributed by atoms with Gasteiger partial charge in [0.2, 0.25) is 0 Å². The Balaban J connectivity index is 3.94. The van der Waals surface area contributed by atoms with E-state index in [-0.39, 0.29) is 36.7 Å². The second-order valence-electron chi connectivity index (χ2n) is 3.16. The van der Waals surface area contributed by atoms with E-state index in [9.17, 15) is 18.0 Å². The number of sulfone groups is 1. The minimum absolute atomic E-state index is 0.00512. The quantitative estimate of drug-likeness (QED) is 0.595. The molecule has 0 saturated heterocycles. The van der Waals surface area contributed by atoms with Crippen LogP contribution in [-0.2, 0) is 24.2 Å². The van der Waals surface area contributed by atoms with Gasteiger partial charge in [-0.2, -0.15) is 0 Å². The third kappa shape index (κ3) is 8.11. The highest BCUT2D eigenvalue weighted by atomic mass is 32.2. The van der Waals surface area contributed by atoms with Crippen molar-refractivity contribution in [3.8, 4) is 0 Å². The first kappa shape index (κ1) is 14.1. The number of ether oxygens (including phenoxy) is 1. The van der Waals surface area contributed by atoms with Crippen LogP contribution in [0.5, 0.6) is 0 Å². The van der Waals surface area contributed by atoms with Gasteiger partial charge in [-0.25, -0.2) is 8.42 Å². The summed E-state index contributed by atoms with van der Waals surface area (Å²) in [5.41, 5.74) is 0. The maximum absolute atomic E-state index is 11.3. The predicted molar refractivity (Wildman–Crippen MR) is 55.2 cm³/mol. The van der Waals surface area contributed by atoms with Crippen LogP contribution in [0.1, 0.15) is 26.7 Å². The lowest BCUT2D eigenvalue weighted by Crippen LogP contribution is -2.17. The van der Waals surface area contributed by atoms with Gasteiger partial charge in [-0.1, -0.05) is 0 Å². The summed E-state index contributed by atoms with van der Waals surface area (Å²) in [5.74, 6) is -1.14. The van der Waals surface area contributed by atoms with Crippen LogP contribution in [0.2, 0.25) is 0 Å². The molecule has 0 aliphatic rings. The van der Waals surface area contributed by atoms with Crippen molar-refractivity contribution in [2.24, 2.45) is 0 Å². The number of esters is 1. The van der Waals surface area contributed by atoms with Crippen molar-refractivity contribution >= 4 is 21.6 Å². The van der Waals surface area contributed by atoms with E-state index in [1.165, 1.54) is 6.92 Å². The minimum atomic E-state index is -3.31. The average molecular weight is 236 g/mol. The van der Waals surface area contributed by atoms with Crippen LogP contribution in [0.4, 0.5) is 0 Å². The van der Waals surface area contributed by atoms with Gasteiger partial charge in [-0.3, -0.25) is 9.59 Å². The van der Waals surface area contributed by atoms with Gasteiger partial charge in [0.15, 0.2) is 9.84 Å². The molecule has 0 radical (unpaired) electrons. The van der Waals surface area contributed by atoms with Gasteiger partial charge in [0.05, 0.1) is 24.5 Å². The van der Waals surface area contributed by atoms with Crippen molar-refractivity contribution in [2.75, 3.05) is 18.1 Å². The lowest BCUT2D eigenvalue weighted by molar-refractivity contribution is -0.142. The molecule has 0 aromatic rings. The number of ketones is 1. The highest BCUT2D eigenvalue weighted by Crippen LogP contribution is 1.99. The van der Waals surface area contributed by atoms with E-state index >= 15 is 0 Å². The minimum Gasteiger partial charge on any atom is -0.466 e. The summed E-state index contributed by atoms with van der Waals surface area (Å²) in [6.45, 7) is 3.23. The zero-order valence-corrected chi connectivity index (χ0v) is 9.80. The van der Waals surface area contributed by atoms with Crippen molar-refractivity contribution in [2.45, 2.75) is 26.7 Å². The Morgan fingerprint density at radius 3 is 2.13 bits per heavy atom. The standard InChI is InChI=1S/C9H16O5S/c1-3-14-9(11)5-7-15(12,13)6-4-8(2)10/h3-7H2,1-2H3. The molecule has 0 heterocycles. The molecule has 0 bridgehead atoms. The van der Waals surface area contributed by atoms with Gasteiger partial charge in [0.1, 0.15) is 5.78 Å². The lowest BCUT2D eigenvalue weighted by Gasteiger charge is -2.03. The molecule has 0 rings (SSSR count). The Bertz CT molecular complexity index is 317. The molecule has 5 nitrogen and oxygen atoms in total. The maximum atomic E-state index is 11.3. The SMILES string of the molecule is CCOC(=O)CCS(=O)(=O)CCC(C)=O. The highest BCUT2D eigenvalue weighted by Gasteiger charge is 2.14. The fraction of sp³-hybridized carbons (Fsp3) is 0.778. The van der Waals surface area contributed by atoms with E-state index in [0.717, 1.165) is 0 Å². The van der Waals surface area contributed by atoms with Crippen LogP contribution in [0.3, 0.4) is 0 Å². The molecule has 0 spiro atoms. The summed E-state index contributed by atoms with van der Waals surface area (Å²) < 4.78 is 27.2. The number of hydrogen-bond donors (Lipinski definition) is 0. The van der Waals surface area contributed by atoms with Crippen LogP contribution in [-0.4, -0.2) is 38.3 Å². The fourth-order valence-electron chi connectivity index (χ4n) is 0.873. The molecule has 0 amide bonds. The zero-order valence-electron chi connectivity index (χ0n) is 8.99. The van der Waals surface area contributed by atoms with E-state index < -0.39 is 15.8 Å². The van der Waals surface area contributed by atoms with Crippen LogP contribution < -0.4 is 0 Å². The number of hydrogen-bond acceptors (Lipinski definition) is 5. The Morgan fingerprint density at radius 2 is 1.67 bits per heavy atom. The number of rotatable bonds is 7. The topological polar surface area (TPSA) is 77.5 Å². The highest BCUT2D eigenvalue weighted by molar-refractivity contribution is 7.91. The summed E-state index contributed by atoms with van der Waals surface area (Å²) >= 11 is 0. The molecular formula is C9H16O5S. The normalized spacial score (nSPS) is 11.1. The number of carbonyl (C=O) groups is 2. The molecule has 0 fully saturated rings. The molecular weight excluding hydrogens is 220 g/mol. The van der Waals surface area contributed by atoms with Crippen molar-refractivity contribution in [1.29, 1.82) is 0 Å². The van der Waals surface area contributed by atoms with Gasteiger partial charge in [-0.05, 0) is 13.8 Å². The van der Waals surface area contributed by atoms with Crippen LogP contribution in [0.15, 0.2) is 0 Å². The molecule has 6 heteroatoms. The predicted octanol–water partition coefficient (Wildman–Crippen LogP) is 0.333. The van der Waals surface area contributed by atoms with Crippen molar-refractivity contribution in [3.63, 3.8) is 0 Å². The fourth-order valence-corrected chi connectivity index (χ4v) is 2.15. The van der Waals surface area contributed by atoms with E-state index in [4.69, 9.17) is 0 Å². The Hall–Kier alpha value is -0.910. The molecule has 0 aliphatic heterocycles. The second kappa shape index (κ2) is 6.55. The first-order valence-electron chi connectivity index (χ1n) is 4.73. The zero-order chi connectivity index (χ0) is 11.9. The van der Waals surface area contributed by atoms with Gasteiger partial charge in [0.25, 0.3) is 0 Å². The van der Waals surface area contributed by atoms with Crippen molar-refractivity contribution < 1.29 is 22.7 Å². The first-order valence-corrected chi connectivity index (χ1v) is 6.55. The molecule has 0 N–H and O–H groups in total. The monoisotopic (exact) mass is 236 g/mol. The first-order chi connectivity index (χ1) is 6.87. The third-order valence-electron chi connectivity index (χ3n) is 1.69. The number of carbonyl (C=O) groups excluding carboxylic acids is 2. The molecule has 0 aromatic carbocycles. The molecule has 0 unspecified atom stereocenters. The van der Waals surface area contributed by atoms with Gasteiger partial charge >= 0.3 is 5.97 Å². The lowest BCUT2D eigenvalue weighted by atomic mass is 10.4. The number of Topliss-reactive ketones (excluding diaryl/α,β-unsaturated/α-hetero) is 1. The van der Waals surface area contributed by atoms with E-state index in [1.807, 2.05) is 0 Å². The van der Waals surface area contributed by atoms with Crippen molar-refractivity contribution in [3.05, 3.63) is 0 Å². The molecule has 0 aromatic heterocycles. The third-order valence-corrected chi connectivity index (χ3v) is 3.34. The summed E-state index contributed by atoms with van der Waals surface area (Å²) in [6, 6.07) is 0.